The second kappa shape index (κ2) is 3.90. The molecule has 0 aromatic heterocycles. The van der Waals surface area contributed by atoms with Crippen molar-refractivity contribution in [3.63, 3.8) is 0 Å². The van der Waals surface area contributed by atoms with Crippen LogP contribution in [0.1, 0.15) is 5.56 Å². The number of hydrogen-bond donors (Lipinski definition) is 0. The highest BCUT2D eigenvalue weighted by atomic mass is 19.4. The summed E-state index contributed by atoms with van der Waals surface area (Å²) in [6.07, 6.45) is -1.22. The predicted molar refractivity (Wildman–Crippen MR) is 45.7 cm³/mol. The Bertz CT molecular complexity index is 324. The minimum atomic E-state index is -5.02. The molecular formula is C8H8BF4O-. The van der Waals surface area contributed by atoms with Gasteiger partial charge in [-0.25, -0.2) is 4.39 Å². The second-order valence-electron chi connectivity index (χ2n) is 2.85. The van der Waals surface area contributed by atoms with Gasteiger partial charge in [-0.1, -0.05) is 18.5 Å². The average molecular weight is 207 g/mol. The lowest BCUT2D eigenvalue weighted by molar-refractivity contribution is 0.383. The molecule has 0 N–H and O–H groups in total. The van der Waals surface area contributed by atoms with Crippen molar-refractivity contribution in [1.29, 1.82) is 0 Å². The van der Waals surface area contributed by atoms with E-state index < -0.39 is 19.1 Å². The largest absolute Gasteiger partial charge is 0.494 e. The van der Waals surface area contributed by atoms with Gasteiger partial charge in [0.05, 0.1) is 7.11 Å². The molecule has 0 saturated heterocycles. The van der Waals surface area contributed by atoms with E-state index in [4.69, 9.17) is 0 Å². The molecule has 0 aliphatic rings. The molecule has 0 saturated carbocycles. The van der Waals surface area contributed by atoms with Gasteiger partial charge in [-0.15, -0.1) is 0 Å². The van der Waals surface area contributed by atoms with Crippen molar-refractivity contribution < 1.29 is 22.1 Å². The van der Waals surface area contributed by atoms with Crippen LogP contribution in [-0.2, 0) is 6.32 Å². The van der Waals surface area contributed by atoms with Crippen molar-refractivity contribution in [1.82, 2.24) is 0 Å². The van der Waals surface area contributed by atoms with Crippen LogP contribution in [0.15, 0.2) is 18.2 Å². The smallest absolute Gasteiger partial charge is 0.482 e. The molecule has 1 nitrogen and oxygen atoms in total. The molecule has 0 heterocycles. The normalized spacial score (nSPS) is 11.5. The minimum absolute atomic E-state index is 0.164. The van der Waals surface area contributed by atoms with Gasteiger partial charge < -0.3 is 17.7 Å². The number of benzene rings is 1. The molecule has 1 rings (SSSR count). The Kier molecular flexibility index (Phi) is 3.03. The van der Waals surface area contributed by atoms with Crippen molar-refractivity contribution in [3.05, 3.63) is 29.6 Å². The van der Waals surface area contributed by atoms with Gasteiger partial charge in [0.15, 0.2) is 11.6 Å². The van der Waals surface area contributed by atoms with E-state index >= 15 is 0 Å². The highest BCUT2D eigenvalue weighted by Crippen LogP contribution is 2.24. The maximum absolute atomic E-state index is 13.2. The Labute approximate surface area is 78.7 Å². The quantitative estimate of drug-likeness (QED) is 0.546. The summed E-state index contributed by atoms with van der Waals surface area (Å²) < 4.78 is 53.8. The predicted octanol–water partition coefficient (Wildman–Crippen LogP) is 2.76. The van der Waals surface area contributed by atoms with Crippen molar-refractivity contribution in [2.24, 2.45) is 0 Å². The Morgan fingerprint density at radius 2 is 1.93 bits per heavy atom. The van der Waals surface area contributed by atoms with E-state index in [-0.39, 0.29) is 11.3 Å². The number of methoxy groups -OCH3 is 1. The molecule has 0 radical (unpaired) electrons. The summed E-state index contributed by atoms with van der Waals surface area (Å²) in [4.78, 5) is 0. The molecular weight excluding hydrogens is 199 g/mol. The summed E-state index contributed by atoms with van der Waals surface area (Å²) in [7, 11) is 1.21. The summed E-state index contributed by atoms with van der Waals surface area (Å²) in [6.45, 7) is -5.02. The van der Waals surface area contributed by atoms with E-state index in [0.29, 0.717) is 0 Å². The highest BCUT2D eigenvalue weighted by molar-refractivity contribution is 6.57. The van der Waals surface area contributed by atoms with E-state index in [0.717, 1.165) is 6.07 Å². The van der Waals surface area contributed by atoms with E-state index in [9.17, 15) is 17.3 Å². The topological polar surface area (TPSA) is 9.23 Å². The van der Waals surface area contributed by atoms with Crippen LogP contribution in [-0.4, -0.2) is 14.1 Å². The Morgan fingerprint density at radius 1 is 1.29 bits per heavy atom. The third-order valence-corrected chi connectivity index (χ3v) is 1.71. The molecule has 6 heteroatoms. The first-order valence-corrected chi connectivity index (χ1v) is 3.96. The molecule has 1 aromatic carbocycles. The number of hydrogen-bond acceptors (Lipinski definition) is 1. The minimum Gasteiger partial charge on any atom is -0.494 e. The zero-order chi connectivity index (χ0) is 10.8. The fraction of sp³-hybridized carbons (Fsp3) is 0.250. The van der Waals surface area contributed by atoms with Gasteiger partial charge >= 0.3 is 6.98 Å². The highest BCUT2D eigenvalue weighted by Gasteiger charge is 2.25. The second-order valence-corrected chi connectivity index (χ2v) is 2.85. The van der Waals surface area contributed by atoms with Gasteiger partial charge in [0.25, 0.3) is 0 Å². The van der Waals surface area contributed by atoms with Crippen LogP contribution in [0.2, 0.25) is 0 Å². The van der Waals surface area contributed by atoms with Crippen LogP contribution in [0.4, 0.5) is 17.3 Å². The molecule has 0 aliphatic carbocycles. The third-order valence-electron chi connectivity index (χ3n) is 1.71. The lowest BCUT2D eigenvalue weighted by Crippen LogP contribution is -2.20. The van der Waals surface area contributed by atoms with Gasteiger partial charge in [0.1, 0.15) is 0 Å². The van der Waals surface area contributed by atoms with Gasteiger partial charge in [0, 0.05) is 0 Å². The van der Waals surface area contributed by atoms with Gasteiger partial charge in [-0.05, 0) is 11.6 Å². The first-order chi connectivity index (χ1) is 6.44. The van der Waals surface area contributed by atoms with Crippen LogP contribution in [0.5, 0.6) is 5.75 Å². The fourth-order valence-electron chi connectivity index (χ4n) is 1.12. The first kappa shape index (κ1) is 10.9. The number of halogens is 4. The van der Waals surface area contributed by atoms with E-state index in [1.165, 1.54) is 19.2 Å². The van der Waals surface area contributed by atoms with Crippen LogP contribution in [0.3, 0.4) is 0 Å². The molecule has 14 heavy (non-hydrogen) atoms. The van der Waals surface area contributed by atoms with Gasteiger partial charge in [-0.3, -0.25) is 0 Å². The summed E-state index contributed by atoms with van der Waals surface area (Å²) in [5, 5.41) is 0. The Balaban J connectivity index is 2.98. The van der Waals surface area contributed by atoms with E-state index in [1.807, 2.05) is 0 Å². The van der Waals surface area contributed by atoms with Gasteiger partial charge in [0.2, 0.25) is 0 Å². The molecule has 78 valence electrons. The monoisotopic (exact) mass is 207 g/mol. The zero-order valence-electron chi connectivity index (χ0n) is 7.44. The van der Waals surface area contributed by atoms with Crippen molar-refractivity contribution in [3.8, 4) is 5.75 Å². The van der Waals surface area contributed by atoms with Gasteiger partial charge in [-0.2, -0.15) is 0 Å². The molecule has 0 aliphatic heterocycles. The van der Waals surface area contributed by atoms with E-state index in [2.05, 4.69) is 4.74 Å². The summed E-state index contributed by atoms with van der Waals surface area (Å²) in [5.41, 5.74) is -0.378. The summed E-state index contributed by atoms with van der Waals surface area (Å²) in [6, 6.07) is 3.72. The lowest BCUT2D eigenvalue weighted by atomic mass is 9.81. The summed E-state index contributed by atoms with van der Waals surface area (Å²) in [5.74, 6) is -1.10. The van der Waals surface area contributed by atoms with Crippen molar-refractivity contribution in [2.75, 3.05) is 7.11 Å². The maximum atomic E-state index is 13.2. The first-order valence-electron chi connectivity index (χ1n) is 3.96. The number of ether oxygens (including phenoxy) is 1. The maximum Gasteiger partial charge on any atom is 0.482 e. The molecule has 0 amide bonds. The SMILES string of the molecule is COc1cccc(C[B-](F)(F)F)c1F. The third kappa shape index (κ3) is 2.65. The molecule has 0 unspecified atom stereocenters. The molecule has 0 atom stereocenters. The lowest BCUT2D eigenvalue weighted by Gasteiger charge is -2.14. The van der Waals surface area contributed by atoms with Crippen LogP contribution >= 0.6 is 0 Å². The van der Waals surface area contributed by atoms with Crippen LogP contribution in [0.25, 0.3) is 0 Å². The summed E-state index contributed by atoms with van der Waals surface area (Å²) >= 11 is 0. The molecule has 0 spiro atoms. The Hall–Kier alpha value is -1.20. The van der Waals surface area contributed by atoms with Crippen LogP contribution < -0.4 is 4.74 Å². The average Bonchev–Trinajstić information content (AvgIpc) is 2.06. The zero-order valence-corrected chi connectivity index (χ0v) is 7.44. The number of rotatable bonds is 3. The molecule has 1 aromatic rings. The standard InChI is InChI=1S/C8H8BF4O/c1-14-7-4-2-3-6(8(7)10)5-9(11,12)13/h2-4H,5H2,1H3/q-1. The fourth-order valence-corrected chi connectivity index (χ4v) is 1.12. The van der Waals surface area contributed by atoms with E-state index in [1.54, 1.807) is 0 Å². The van der Waals surface area contributed by atoms with Crippen molar-refractivity contribution >= 4 is 6.98 Å². The molecule has 0 fully saturated rings. The van der Waals surface area contributed by atoms with Crippen LogP contribution in [0, 0.1) is 5.82 Å². The molecule has 0 bridgehead atoms. The Morgan fingerprint density at radius 3 is 2.43 bits per heavy atom. The van der Waals surface area contributed by atoms with Crippen molar-refractivity contribution in [2.45, 2.75) is 6.32 Å².